The topological polar surface area (TPSA) is 102 Å². The number of anilines is 1. The number of methoxy groups -OCH3 is 1. The molecule has 2 saturated heterocycles. The Morgan fingerprint density at radius 3 is 2.88 bits per heavy atom. The maximum Gasteiger partial charge on any atom is 0.226 e. The highest BCUT2D eigenvalue weighted by Crippen LogP contribution is 2.28. The second-order valence-corrected chi connectivity index (χ2v) is 8.42. The van der Waals surface area contributed by atoms with Gasteiger partial charge in [-0.25, -0.2) is 9.97 Å². The molecule has 0 radical (unpaired) electrons. The minimum Gasteiger partial charge on any atom is -0.496 e. The number of aliphatic hydroxyl groups excluding tert-OH is 1. The zero-order valence-electron chi connectivity index (χ0n) is 18.9. The molecular formula is C24H29N5O4. The Kier molecular flexibility index (Phi) is 6.37. The van der Waals surface area contributed by atoms with Gasteiger partial charge in [-0.3, -0.25) is 4.98 Å². The van der Waals surface area contributed by atoms with Gasteiger partial charge in [0.25, 0.3) is 0 Å². The van der Waals surface area contributed by atoms with Crippen LogP contribution in [-0.2, 0) is 16.1 Å². The Bertz CT molecular complexity index is 1130. The molecule has 2 N–H and O–H groups in total. The molecule has 3 aromatic rings. The lowest BCUT2D eigenvalue weighted by molar-refractivity contribution is -0.104. The number of hydrogen-bond donors (Lipinski definition) is 2. The molecule has 2 fully saturated rings. The molecule has 2 aliphatic heterocycles. The van der Waals surface area contributed by atoms with Gasteiger partial charge in [0.1, 0.15) is 18.0 Å². The van der Waals surface area contributed by atoms with Gasteiger partial charge in [0.2, 0.25) is 5.95 Å². The first-order valence-corrected chi connectivity index (χ1v) is 11.3. The zero-order valence-corrected chi connectivity index (χ0v) is 18.9. The van der Waals surface area contributed by atoms with E-state index >= 15 is 0 Å². The Morgan fingerprint density at radius 1 is 1.18 bits per heavy atom. The van der Waals surface area contributed by atoms with Crippen LogP contribution in [0.5, 0.6) is 5.75 Å². The summed E-state index contributed by atoms with van der Waals surface area (Å²) >= 11 is 0. The van der Waals surface area contributed by atoms with E-state index in [4.69, 9.17) is 19.2 Å². The molecule has 5 rings (SSSR count). The molecule has 0 saturated carbocycles. The first kappa shape index (κ1) is 22.0. The van der Waals surface area contributed by atoms with Crippen LogP contribution in [-0.4, -0.2) is 78.3 Å². The lowest BCUT2D eigenvalue weighted by atomic mass is 10.0. The number of rotatable bonds is 5. The van der Waals surface area contributed by atoms with Crippen molar-refractivity contribution in [1.82, 2.24) is 20.3 Å². The Morgan fingerprint density at radius 2 is 2.06 bits per heavy atom. The molecule has 2 unspecified atom stereocenters. The number of hydrogen-bond acceptors (Lipinski definition) is 9. The van der Waals surface area contributed by atoms with Crippen LogP contribution >= 0.6 is 0 Å². The van der Waals surface area contributed by atoms with E-state index < -0.39 is 0 Å². The maximum atomic E-state index is 9.66. The predicted molar refractivity (Wildman–Crippen MR) is 124 cm³/mol. The van der Waals surface area contributed by atoms with Gasteiger partial charge in [-0.1, -0.05) is 0 Å². The Labute approximate surface area is 192 Å². The number of fused-ring (bicyclic) bond motifs is 1. The van der Waals surface area contributed by atoms with Crippen LogP contribution in [0.3, 0.4) is 0 Å². The first-order valence-electron chi connectivity index (χ1n) is 11.3. The van der Waals surface area contributed by atoms with Crippen molar-refractivity contribution >= 4 is 16.9 Å². The van der Waals surface area contributed by atoms with E-state index in [1.807, 2.05) is 30.5 Å². The van der Waals surface area contributed by atoms with Crippen LogP contribution in [0.2, 0.25) is 0 Å². The number of aliphatic hydroxyl groups is 1. The second kappa shape index (κ2) is 9.56. The number of ether oxygens (including phenoxy) is 3. The van der Waals surface area contributed by atoms with E-state index in [0.29, 0.717) is 37.0 Å². The van der Waals surface area contributed by atoms with Crippen molar-refractivity contribution in [1.29, 1.82) is 0 Å². The normalized spacial score (nSPS) is 23.6. The van der Waals surface area contributed by atoms with Crippen molar-refractivity contribution in [3.63, 3.8) is 0 Å². The summed E-state index contributed by atoms with van der Waals surface area (Å²) in [5.74, 6) is 1.33. The van der Waals surface area contributed by atoms with Gasteiger partial charge in [0.05, 0.1) is 38.1 Å². The molecular weight excluding hydrogens is 422 g/mol. The van der Waals surface area contributed by atoms with Gasteiger partial charge in [0.15, 0.2) is 0 Å². The lowest BCUT2D eigenvalue weighted by Crippen LogP contribution is -2.58. The highest BCUT2D eigenvalue weighted by molar-refractivity contribution is 5.82. The van der Waals surface area contributed by atoms with E-state index in [1.165, 1.54) is 0 Å². The monoisotopic (exact) mass is 451 g/mol. The smallest absolute Gasteiger partial charge is 0.226 e. The summed E-state index contributed by atoms with van der Waals surface area (Å²) in [6.07, 6.45) is 3.56. The quantitative estimate of drug-likeness (QED) is 0.601. The summed E-state index contributed by atoms with van der Waals surface area (Å²) in [7, 11) is 1.59. The third-order valence-electron chi connectivity index (χ3n) is 6.31. The molecule has 0 aliphatic carbocycles. The predicted octanol–water partition coefficient (Wildman–Crippen LogP) is 1.77. The van der Waals surface area contributed by atoms with Gasteiger partial charge in [-0.15, -0.1) is 0 Å². The van der Waals surface area contributed by atoms with Crippen molar-refractivity contribution < 1.29 is 19.3 Å². The number of pyridine rings is 1. The van der Waals surface area contributed by atoms with Crippen molar-refractivity contribution in [2.45, 2.75) is 31.8 Å². The first-order chi connectivity index (χ1) is 16.2. The molecule has 33 heavy (non-hydrogen) atoms. The molecule has 0 spiro atoms. The summed E-state index contributed by atoms with van der Waals surface area (Å²) in [4.78, 5) is 16.2. The van der Waals surface area contributed by atoms with Crippen molar-refractivity contribution in [2.24, 2.45) is 0 Å². The largest absolute Gasteiger partial charge is 0.496 e. The number of nitrogens with zero attached hydrogens (tertiary/aromatic N) is 4. The van der Waals surface area contributed by atoms with Crippen molar-refractivity contribution in [3.8, 4) is 17.0 Å². The standard InChI is InChI=1S/C24H29N5O4/c1-15-23(33-7-5-25-15)22-13-29(6-8-32-22)24-27-12-18-11-26-19(10-20(18)28-24)16-3-4-21(31-2)17(9-16)14-30/h3-4,9-12,15,22-23,25,30H,5-8,13-14H2,1-2H3/t15?,22-,23?/m0/s1. The van der Waals surface area contributed by atoms with Crippen molar-refractivity contribution in [3.05, 3.63) is 42.2 Å². The molecule has 9 heteroatoms. The number of benzene rings is 1. The van der Waals surface area contributed by atoms with E-state index in [9.17, 15) is 5.11 Å². The number of aromatic nitrogens is 3. The van der Waals surface area contributed by atoms with Gasteiger partial charge >= 0.3 is 0 Å². The summed E-state index contributed by atoms with van der Waals surface area (Å²) in [5.41, 5.74) is 3.20. The van der Waals surface area contributed by atoms with E-state index in [0.717, 1.165) is 35.2 Å². The summed E-state index contributed by atoms with van der Waals surface area (Å²) < 4.78 is 17.3. The van der Waals surface area contributed by atoms with Gasteiger partial charge < -0.3 is 29.5 Å². The summed E-state index contributed by atoms with van der Waals surface area (Å²) in [6.45, 7) is 5.61. The van der Waals surface area contributed by atoms with Crippen molar-refractivity contribution in [2.75, 3.05) is 44.9 Å². The van der Waals surface area contributed by atoms with Crippen LogP contribution in [0.4, 0.5) is 5.95 Å². The zero-order chi connectivity index (χ0) is 22.8. The second-order valence-electron chi connectivity index (χ2n) is 8.42. The minimum atomic E-state index is -0.103. The van der Waals surface area contributed by atoms with Gasteiger partial charge in [-0.05, 0) is 31.2 Å². The van der Waals surface area contributed by atoms with Crippen LogP contribution in [0.1, 0.15) is 12.5 Å². The number of morpholine rings is 2. The Hall–Kier alpha value is -2.85. The third-order valence-corrected chi connectivity index (χ3v) is 6.31. The lowest BCUT2D eigenvalue weighted by Gasteiger charge is -2.41. The third kappa shape index (κ3) is 4.49. The minimum absolute atomic E-state index is 0.00796. The van der Waals surface area contributed by atoms with Gasteiger partial charge in [-0.2, -0.15) is 0 Å². The van der Waals surface area contributed by atoms with Gasteiger partial charge in [0, 0.05) is 54.6 Å². The summed E-state index contributed by atoms with van der Waals surface area (Å²) in [6, 6.07) is 7.86. The molecule has 9 nitrogen and oxygen atoms in total. The molecule has 1 aromatic carbocycles. The van der Waals surface area contributed by atoms with E-state index in [-0.39, 0.29) is 24.9 Å². The van der Waals surface area contributed by atoms with E-state index in [2.05, 4.69) is 27.1 Å². The highest BCUT2D eigenvalue weighted by atomic mass is 16.5. The highest BCUT2D eigenvalue weighted by Gasteiger charge is 2.35. The molecule has 174 valence electrons. The van der Waals surface area contributed by atoms with Crippen LogP contribution < -0.4 is 15.0 Å². The van der Waals surface area contributed by atoms with Crippen LogP contribution in [0.25, 0.3) is 22.2 Å². The molecule has 4 heterocycles. The molecule has 3 atom stereocenters. The fourth-order valence-corrected chi connectivity index (χ4v) is 4.51. The summed E-state index contributed by atoms with van der Waals surface area (Å²) in [5, 5.41) is 14.0. The van der Waals surface area contributed by atoms with Crippen LogP contribution in [0.15, 0.2) is 36.7 Å². The fraction of sp³-hybridized carbons (Fsp3) is 0.458. The van der Waals surface area contributed by atoms with E-state index in [1.54, 1.807) is 13.3 Å². The molecule has 2 aliphatic rings. The molecule has 0 bridgehead atoms. The number of nitrogens with one attached hydrogen (secondary N) is 1. The maximum absolute atomic E-state index is 9.66. The van der Waals surface area contributed by atoms with Crippen LogP contribution in [0, 0.1) is 0 Å². The molecule has 0 amide bonds. The SMILES string of the molecule is COc1ccc(-c2cc3nc(N4CCO[C@H](C5OCCNC5C)C4)ncc3cn2)cc1CO. The molecule has 2 aromatic heterocycles. The average Bonchev–Trinajstić information content (AvgIpc) is 2.88. The average molecular weight is 452 g/mol. The Balaban J connectivity index is 1.41. The fourth-order valence-electron chi connectivity index (χ4n) is 4.51.